The quantitative estimate of drug-likeness (QED) is 0.0973. The van der Waals surface area contributed by atoms with E-state index < -0.39 is 29.3 Å². The summed E-state index contributed by atoms with van der Waals surface area (Å²) in [4.78, 5) is 74.2. The van der Waals surface area contributed by atoms with Crippen molar-refractivity contribution in [1.82, 2.24) is 0 Å². The summed E-state index contributed by atoms with van der Waals surface area (Å²) in [5.74, 6) is -2.76. The maximum absolute atomic E-state index is 12.8. The highest BCUT2D eigenvalue weighted by molar-refractivity contribution is 6.22. The summed E-state index contributed by atoms with van der Waals surface area (Å²) >= 11 is 0. The zero-order chi connectivity index (χ0) is 29.1. The van der Waals surface area contributed by atoms with Crippen LogP contribution in [0.5, 0.6) is 5.75 Å². The molecule has 11 heteroatoms. The summed E-state index contributed by atoms with van der Waals surface area (Å²) < 4.78 is 10.4. The number of nitrogens with zero attached hydrogens (tertiary/aromatic N) is 2. The molecule has 3 aromatic carbocycles. The van der Waals surface area contributed by atoms with E-state index in [9.17, 15) is 34.1 Å². The van der Waals surface area contributed by atoms with E-state index >= 15 is 0 Å². The molecule has 0 spiro atoms. The van der Waals surface area contributed by atoms with Crippen molar-refractivity contribution in [2.75, 3.05) is 11.5 Å². The lowest BCUT2D eigenvalue weighted by Gasteiger charge is -2.19. The second-order valence-corrected chi connectivity index (χ2v) is 9.77. The largest absolute Gasteiger partial charge is 0.454 e. The number of hydrogen-bond donors (Lipinski definition) is 0. The molecule has 11 nitrogen and oxygen atoms in total. The lowest BCUT2D eigenvalue weighted by atomic mass is 9.81. The van der Waals surface area contributed by atoms with Gasteiger partial charge in [-0.3, -0.25) is 29.4 Å². The van der Waals surface area contributed by atoms with E-state index in [1.165, 1.54) is 77.7 Å². The van der Waals surface area contributed by atoms with E-state index in [-0.39, 0.29) is 51.8 Å². The third-order valence-corrected chi connectivity index (χ3v) is 7.24. The molecule has 0 aromatic heterocycles. The smallest absolute Gasteiger partial charge is 0.343 e. The van der Waals surface area contributed by atoms with Crippen LogP contribution >= 0.6 is 0 Å². The number of nitro benzene ring substituents is 1. The Hall–Kier alpha value is -5.19. The van der Waals surface area contributed by atoms with Crippen LogP contribution in [0.25, 0.3) is 0 Å². The zero-order valence-corrected chi connectivity index (χ0v) is 21.7. The Labute approximate surface area is 233 Å². The number of Topliss-reactive ketones (excluding diaryl/α,β-unsaturated/α-hetero) is 1. The molecule has 1 saturated heterocycles. The standard InChI is InChI=1S/C30H24N2O9/c33-26(18-9-15-23(16-10-18)41-30(37)20-7-13-22(14-8-20)32(38)39)17-40-29(36)19-5-11-21(12-6-19)31-27(34)24-3-1-2-4-25(24)28(31)35/h5-16,24-25H,1-4,17H2. The molecule has 208 valence electrons. The number of ether oxygens (including phenoxy) is 2. The van der Waals surface area contributed by atoms with Gasteiger partial charge in [-0.2, -0.15) is 0 Å². The molecule has 2 fully saturated rings. The fourth-order valence-corrected chi connectivity index (χ4v) is 5.06. The molecule has 1 saturated carbocycles. The van der Waals surface area contributed by atoms with Gasteiger partial charge in [-0.05, 0) is 73.5 Å². The van der Waals surface area contributed by atoms with Gasteiger partial charge in [0.25, 0.3) is 5.69 Å². The lowest BCUT2D eigenvalue weighted by Crippen LogP contribution is -2.30. The first-order chi connectivity index (χ1) is 19.7. The van der Waals surface area contributed by atoms with Crippen LogP contribution in [0.15, 0.2) is 72.8 Å². The molecule has 1 aliphatic heterocycles. The topological polar surface area (TPSA) is 150 Å². The number of imide groups is 1. The first kappa shape index (κ1) is 27.4. The van der Waals surface area contributed by atoms with Gasteiger partial charge in [0, 0.05) is 17.7 Å². The van der Waals surface area contributed by atoms with Crippen LogP contribution in [0.2, 0.25) is 0 Å². The summed E-state index contributed by atoms with van der Waals surface area (Å²) in [7, 11) is 0. The number of non-ortho nitro benzene ring substituents is 1. The fourth-order valence-electron chi connectivity index (χ4n) is 5.06. The van der Waals surface area contributed by atoms with Crippen LogP contribution in [-0.2, 0) is 14.3 Å². The van der Waals surface area contributed by atoms with Gasteiger partial charge in [-0.1, -0.05) is 12.8 Å². The van der Waals surface area contributed by atoms with Gasteiger partial charge in [0.2, 0.25) is 11.8 Å². The number of fused-ring (bicyclic) bond motifs is 1. The minimum Gasteiger partial charge on any atom is -0.454 e. The first-order valence-corrected chi connectivity index (χ1v) is 13.0. The van der Waals surface area contributed by atoms with Crippen molar-refractivity contribution >= 4 is 40.9 Å². The number of amides is 2. The maximum Gasteiger partial charge on any atom is 0.343 e. The van der Waals surface area contributed by atoms with Crippen LogP contribution in [0.3, 0.4) is 0 Å². The molecule has 2 atom stereocenters. The van der Waals surface area contributed by atoms with Crippen LogP contribution in [0.1, 0.15) is 56.8 Å². The number of anilines is 1. The van der Waals surface area contributed by atoms with Gasteiger partial charge < -0.3 is 9.47 Å². The predicted octanol–water partition coefficient (Wildman–Crippen LogP) is 4.53. The average Bonchev–Trinajstić information content (AvgIpc) is 3.25. The second-order valence-electron chi connectivity index (χ2n) is 9.77. The highest BCUT2D eigenvalue weighted by Crippen LogP contribution is 2.40. The summed E-state index contributed by atoms with van der Waals surface area (Å²) in [5, 5.41) is 10.7. The van der Waals surface area contributed by atoms with Crippen molar-refractivity contribution in [3.05, 3.63) is 99.6 Å². The van der Waals surface area contributed by atoms with Gasteiger partial charge in [0.15, 0.2) is 12.4 Å². The Kier molecular flexibility index (Phi) is 7.68. The van der Waals surface area contributed by atoms with E-state index in [1.807, 2.05) is 0 Å². The van der Waals surface area contributed by atoms with Crippen LogP contribution < -0.4 is 9.64 Å². The van der Waals surface area contributed by atoms with Gasteiger partial charge in [-0.15, -0.1) is 0 Å². The number of nitro groups is 1. The average molecular weight is 557 g/mol. The Balaban J connectivity index is 1.14. The number of carbonyl (C=O) groups excluding carboxylic acids is 5. The molecule has 2 aliphatic rings. The third kappa shape index (κ3) is 5.74. The van der Waals surface area contributed by atoms with Crippen molar-refractivity contribution in [3.63, 3.8) is 0 Å². The minimum absolute atomic E-state index is 0.118. The van der Waals surface area contributed by atoms with Crippen LogP contribution in [-0.4, -0.2) is 41.1 Å². The van der Waals surface area contributed by atoms with E-state index in [0.717, 1.165) is 12.8 Å². The number of esters is 2. The molecule has 0 radical (unpaired) electrons. The van der Waals surface area contributed by atoms with Crippen LogP contribution in [0, 0.1) is 22.0 Å². The Morgan fingerprint density at radius 2 is 1.27 bits per heavy atom. The minimum atomic E-state index is -0.744. The van der Waals surface area contributed by atoms with E-state index in [2.05, 4.69) is 0 Å². The first-order valence-electron chi connectivity index (χ1n) is 13.0. The monoisotopic (exact) mass is 556 g/mol. The van der Waals surface area contributed by atoms with Gasteiger partial charge in [0.05, 0.1) is 33.6 Å². The summed E-state index contributed by atoms with van der Waals surface area (Å²) in [6.45, 7) is -0.533. The summed E-state index contributed by atoms with van der Waals surface area (Å²) in [6.07, 6.45) is 3.28. The Bertz CT molecular complexity index is 1510. The van der Waals surface area contributed by atoms with Crippen molar-refractivity contribution in [3.8, 4) is 5.75 Å². The number of carbonyl (C=O) groups is 5. The molecule has 0 N–H and O–H groups in total. The molecular formula is C30H24N2O9. The van der Waals surface area contributed by atoms with E-state index in [0.29, 0.717) is 18.5 Å². The van der Waals surface area contributed by atoms with E-state index in [4.69, 9.17) is 9.47 Å². The highest BCUT2D eigenvalue weighted by atomic mass is 16.6. The summed E-state index contributed by atoms with van der Waals surface area (Å²) in [6, 6.07) is 16.5. The predicted molar refractivity (Wildman–Crippen MR) is 143 cm³/mol. The maximum atomic E-state index is 12.8. The van der Waals surface area contributed by atoms with Gasteiger partial charge in [0.1, 0.15) is 5.75 Å². The number of ketones is 1. The molecule has 2 unspecified atom stereocenters. The van der Waals surface area contributed by atoms with Gasteiger partial charge >= 0.3 is 11.9 Å². The Morgan fingerprint density at radius 1 is 0.756 bits per heavy atom. The SMILES string of the molecule is O=C(COC(=O)c1ccc(N2C(=O)C3CCCCC3C2=O)cc1)c1ccc(OC(=O)c2ccc([N+](=O)[O-])cc2)cc1. The van der Waals surface area contributed by atoms with Crippen molar-refractivity contribution in [2.24, 2.45) is 11.8 Å². The molecule has 2 amide bonds. The third-order valence-electron chi connectivity index (χ3n) is 7.24. The molecular weight excluding hydrogens is 532 g/mol. The molecule has 5 rings (SSSR count). The van der Waals surface area contributed by atoms with Crippen LogP contribution in [0.4, 0.5) is 11.4 Å². The number of hydrogen-bond acceptors (Lipinski definition) is 9. The Morgan fingerprint density at radius 3 is 1.83 bits per heavy atom. The summed E-state index contributed by atoms with van der Waals surface area (Å²) in [5.41, 5.74) is 0.737. The van der Waals surface area contributed by atoms with Crippen molar-refractivity contribution in [2.45, 2.75) is 25.7 Å². The molecule has 41 heavy (non-hydrogen) atoms. The van der Waals surface area contributed by atoms with E-state index in [1.54, 1.807) is 0 Å². The fraction of sp³-hybridized carbons (Fsp3) is 0.233. The molecule has 1 aliphatic carbocycles. The number of benzene rings is 3. The second kappa shape index (κ2) is 11.5. The lowest BCUT2D eigenvalue weighted by molar-refractivity contribution is -0.384. The normalized spacial score (nSPS) is 18.0. The molecule has 0 bridgehead atoms. The molecule has 3 aromatic rings. The van der Waals surface area contributed by atoms with Gasteiger partial charge in [-0.25, -0.2) is 9.59 Å². The molecule has 1 heterocycles. The van der Waals surface area contributed by atoms with Crippen molar-refractivity contribution < 1.29 is 38.4 Å². The highest BCUT2D eigenvalue weighted by Gasteiger charge is 2.48. The zero-order valence-electron chi connectivity index (χ0n) is 21.7. The van der Waals surface area contributed by atoms with Crippen molar-refractivity contribution in [1.29, 1.82) is 0 Å². The number of rotatable bonds is 8.